The lowest BCUT2D eigenvalue weighted by molar-refractivity contribution is 0.0939. The molecule has 0 saturated heterocycles. The van der Waals surface area contributed by atoms with Gasteiger partial charge in [0.1, 0.15) is 0 Å². The summed E-state index contributed by atoms with van der Waals surface area (Å²) < 4.78 is 0. The van der Waals surface area contributed by atoms with E-state index in [4.69, 9.17) is 11.6 Å². The van der Waals surface area contributed by atoms with E-state index in [1.807, 2.05) is 55.5 Å². The van der Waals surface area contributed by atoms with Crippen LogP contribution in [-0.4, -0.2) is 11.9 Å². The zero-order chi connectivity index (χ0) is 15.9. The molecule has 1 amide bonds. The maximum absolute atomic E-state index is 12.0. The van der Waals surface area contributed by atoms with Crippen molar-refractivity contribution < 1.29 is 4.79 Å². The van der Waals surface area contributed by atoms with Gasteiger partial charge in [0.25, 0.3) is 5.91 Å². The van der Waals surface area contributed by atoms with Crippen LogP contribution in [0.15, 0.2) is 53.4 Å². The van der Waals surface area contributed by atoms with Crippen LogP contribution >= 0.6 is 23.4 Å². The van der Waals surface area contributed by atoms with Crippen LogP contribution in [0.3, 0.4) is 0 Å². The zero-order valence-electron chi connectivity index (χ0n) is 12.8. The minimum Gasteiger partial charge on any atom is -0.350 e. The van der Waals surface area contributed by atoms with Gasteiger partial charge in [0.15, 0.2) is 0 Å². The first kappa shape index (κ1) is 16.9. The van der Waals surface area contributed by atoms with E-state index in [2.05, 4.69) is 12.2 Å². The number of carbonyl (C=O) groups excluding carboxylic acids is 1. The predicted octanol–water partition coefficient (Wildman–Crippen LogP) is 5.16. The molecule has 2 aromatic rings. The average molecular weight is 334 g/mol. The molecule has 0 unspecified atom stereocenters. The molecule has 0 aliphatic rings. The number of halogens is 1. The van der Waals surface area contributed by atoms with Gasteiger partial charge in [0.05, 0.1) is 0 Å². The summed E-state index contributed by atoms with van der Waals surface area (Å²) in [5.74, 6) is 0.862. The summed E-state index contributed by atoms with van der Waals surface area (Å²) in [5.41, 5.74) is 1.90. The highest BCUT2D eigenvalue weighted by molar-refractivity contribution is 7.98. The first-order valence-corrected chi connectivity index (χ1v) is 8.73. The van der Waals surface area contributed by atoms with E-state index in [9.17, 15) is 4.79 Å². The van der Waals surface area contributed by atoms with Gasteiger partial charge in [-0.25, -0.2) is 0 Å². The summed E-state index contributed by atoms with van der Waals surface area (Å²) in [5, 5.41) is 3.72. The lowest BCUT2D eigenvalue weighted by Crippen LogP contribution is -2.31. The van der Waals surface area contributed by atoms with Gasteiger partial charge >= 0.3 is 0 Å². The topological polar surface area (TPSA) is 29.1 Å². The maximum Gasteiger partial charge on any atom is 0.251 e. The summed E-state index contributed by atoms with van der Waals surface area (Å²) in [7, 11) is 0. The Morgan fingerprint density at radius 3 is 2.36 bits per heavy atom. The quantitative estimate of drug-likeness (QED) is 0.740. The molecular weight excluding hydrogens is 314 g/mol. The largest absolute Gasteiger partial charge is 0.350 e. The van der Waals surface area contributed by atoms with Crippen LogP contribution < -0.4 is 5.32 Å². The highest BCUT2D eigenvalue weighted by atomic mass is 35.5. The van der Waals surface area contributed by atoms with E-state index in [0.29, 0.717) is 5.56 Å². The summed E-state index contributed by atoms with van der Waals surface area (Å²) >= 11 is 7.63. The fourth-order valence-electron chi connectivity index (χ4n) is 1.86. The van der Waals surface area contributed by atoms with Crippen LogP contribution in [0.25, 0.3) is 0 Å². The van der Waals surface area contributed by atoms with Crippen molar-refractivity contribution in [2.45, 2.75) is 37.0 Å². The molecule has 22 heavy (non-hydrogen) atoms. The third-order valence-corrected chi connectivity index (χ3v) is 4.76. The summed E-state index contributed by atoms with van der Waals surface area (Å²) in [6, 6.07) is 15.8. The Labute approximate surface area is 141 Å². The molecule has 1 atom stereocenters. The van der Waals surface area contributed by atoms with Crippen molar-refractivity contribution in [2.24, 2.45) is 0 Å². The Morgan fingerprint density at radius 1 is 1.14 bits per heavy atom. The van der Waals surface area contributed by atoms with E-state index in [-0.39, 0.29) is 11.9 Å². The number of amides is 1. The molecule has 1 N–H and O–H groups in total. The Kier molecular flexibility index (Phi) is 6.34. The Bertz CT molecular complexity index is 610. The third kappa shape index (κ3) is 5.08. The van der Waals surface area contributed by atoms with Gasteiger partial charge in [-0.3, -0.25) is 4.79 Å². The van der Waals surface area contributed by atoms with Crippen LogP contribution in [0.5, 0.6) is 0 Å². The molecule has 2 aromatic carbocycles. The zero-order valence-corrected chi connectivity index (χ0v) is 14.4. The molecule has 0 aliphatic heterocycles. The standard InChI is InChI=1S/C18H20ClNOS/c1-3-13(2)20-18(21)15-6-4-14(5-7-15)12-22-17-10-8-16(19)9-11-17/h4-11,13H,3,12H2,1-2H3,(H,20,21)/t13-/m1/s1. The molecule has 0 aliphatic carbocycles. The highest BCUT2D eigenvalue weighted by Crippen LogP contribution is 2.24. The van der Waals surface area contributed by atoms with Gasteiger partial charge in [-0.05, 0) is 55.3 Å². The molecule has 0 fully saturated rings. The Morgan fingerprint density at radius 2 is 1.77 bits per heavy atom. The summed E-state index contributed by atoms with van der Waals surface area (Å²) in [4.78, 5) is 13.2. The molecule has 0 heterocycles. The Hall–Kier alpha value is -1.45. The molecule has 0 bridgehead atoms. The van der Waals surface area contributed by atoms with Crippen molar-refractivity contribution in [3.8, 4) is 0 Å². The van der Waals surface area contributed by atoms with Gasteiger partial charge in [-0.2, -0.15) is 0 Å². The summed E-state index contributed by atoms with van der Waals surface area (Å²) in [6.45, 7) is 4.07. The maximum atomic E-state index is 12.0. The first-order valence-electron chi connectivity index (χ1n) is 7.36. The highest BCUT2D eigenvalue weighted by Gasteiger charge is 2.08. The second kappa shape index (κ2) is 8.25. The van der Waals surface area contributed by atoms with Crippen molar-refractivity contribution in [1.82, 2.24) is 5.32 Å². The summed E-state index contributed by atoms with van der Waals surface area (Å²) in [6.07, 6.45) is 0.932. The van der Waals surface area contributed by atoms with Gasteiger partial charge < -0.3 is 5.32 Å². The molecule has 0 radical (unpaired) electrons. The van der Waals surface area contributed by atoms with Gasteiger partial charge in [-0.1, -0.05) is 30.7 Å². The number of hydrogen-bond acceptors (Lipinski definition) is 2. The molecule has 116 valence electrons. The first-order chi connectivity index (χ1) is 10.6. The van der Waals surface area contributed by atoms with Crippen molar-refractivity contribution in [1.29, 1.82) is 0 Å². The van der Waals surface area contributed by atoms with Gasteiger partial charge in [0.2, 0.25) is 0 Å². The van der Waals surface area contributed by atoms with Gasteiger partial charge in [-0.15, -0.1) is 11.8 Å². The Balaban J connectivity index is 1.91. The van der Waals surface area contributed by atoms with Crippen LogP contribution in [0.1, 0.15) is 36.2 Å². The lowest BCUT2D eigenvalue weighted by atomic mass is 10.1. The second-order valence-electron chi connectivity index (χ2n) is 5.22. The van der Waals surface area contributed by atoms with E-state index >= 15 is 0 Å². The molecule has 0 saturated carbocycles. The van der Waals surface area contributed by atoms with Crippen LogP contribution in [-0.2, 0) is 5.75 Å². The predicted molar refractivity (Wildman–Crippen MR) is 94.7 cm³/mol. The van der Waals surface area contributed by atoms with Crippen LogP contribution in [0.4, 0.5) is 0 Å². The normalized spacial score (nSPS) is 12.0. The number of thioether (sulfide) groups is 1. The molecule has 2 rings (SSSR count). The fraction of sp³-hybridized carbons (Fsp3) is 0.278. The fourth-order valence-corrected chi connectivity index (χ4v) is 2.84. The minimum atomic E-state index is -0.00810. The van der Waals surface area contributed by atoms with Crippen LogP contribution in [0, 0.1) is 0 Å². The smallest absolute Gasteiger partial charge is 0.251 e. The van der Waals surface area contributed by atoms with E-state index in [0.717, 1.165) is 17.2 Å². The van der Waals surface area contributed by atoms with Crippen molar-refractivity contribution in [3.05, 3.63) is 64.7 Å². The van der Waals surface area contributed by atoms with Crippen molar-refractivity contribution in [2.75, 3.05) is 0 Å². The molecule has 0 aromatic heterocycles. The number of benzene rings is 2. The second-order valence-corrected chi connectivity index (χ2v) is 6.71. The average Bonchev–Trinajstić information content (AvgIpc) is 2.54. The lowest BCUT2D eigenvalue weighted by Gasteiger charge is -2.11. The molecule has 0 spiro atoms. The van der Waals surface area contributed by atoms with Gasteiger partial charge in [0, 0.05) is 27.3 Å². The monoisotopic (exact) mass is 333 g/mol. The number of hydrogen-bond donors (Lipinski definition) is 1. The molecule has 4 heteroatoms. The van der Waals surface area contributed by atoms with Crippen molar-refractivity contribution in [3.63, 3.8) is 0 Å². The molecular formula is C18H20ClNOS. The van der Waals surface area contributed by atoms with Crippen LogP contribution in [0.2, 0.25) is 5.02 Å². The van der Waals surface area contributed by atoms with E-state index in [1.54, 1.807) is 11.8 Å². The number of carbonyl (C=O) groups is 1. The SMILES string of the molecule is CC[C@@H](C)NC(=O)c1ccc(CSc2ccc(Cl)cc2)cc1. The third-order valence-electron chi connectivity index (χ3n) is 3.43. The van der Waals surface area contributed by atoms with E-state index < -0.39 is 0 Å². The number of nitrogens with one attached hydrogen (secondary N) is 1. The van der Waals surface area contributed by atoms with Crippen molar-refractivity contribution >= 4 is 29.3 Å². The number of rotatable bonds is 6. The molecule has 2 nitrogen and oxygen atoms in total. The van der Waals surface area contributed by atoms with E-state index in [1.165, 1.54) is 10.5 Å². The minimum absolute atomic E-state index is 0.00810.